The Bertz CT molecular complexity index is 2210. The third-order valence-corrected chi connectivity index (χ3v) is 9.84. The number of aromatic nitrogens is 3. The molecule has 2 aliphatic rings. The van der Waals surface area contributed by atoms with Crippen LogP contribution in [0.2, 0.25) is 0 Å². The molecule has 2 amide bonds. The molecule has 5 aromatic rings. The van der Waals surface area contributed by atoms with E-state index in [2.05, 4.69) is 10.4 Å². The van der Waals surface area contributed by atoms with E-state index in [1.54, 1.807) is 51.1 Å². The van der Waals surface area contributed by atoms with Gasteiger partial charge in [0.25, 0.3) is 5.91 Å². The van der Waals surface area contributed by atoms with E-state index in [4.69, 9.17) is 20.2 Å². The fraction of sp³-hybridized carbons (Fsp3) is 0.316. The Balaban J connectivity index is 1.32. The van der Waals surface area contributed by atoms with Gasteiger partial charge in [0.2, 0.25) is 11.7 Å². The summed E-state index contributed by atoms with van der Waals surface area (Å²) in [6, 6.07) is 16.7. The molecule has 2 atom stereocenters. The van der Waals surface area contributed by atoms with Gasteiger partial charge >= 0.3 is 0 Å². The molecule has 13 heteroatoms. The number of amides is 2. The summed E-state index contributed by atoms with van der Waals surface area (Å²) in [5.41, 5.74) is 3.70. The molecule has 0 bridgehead atoms. The van der Waals surface area contributed by atoms with E-state index in [1.165, 1.54) is 48.3 Å². The van der Waals surface area contributed by atoms with Crippen molar-refractivity contribution in [2.75, 3.05) is 20.3 Å². The van der Waals surface area contributed by atoms with Crippen LogP contribution in [-0.4, -0.2) is 57.1 Å². The molecular weight excluding hydrogens is 660 g/mol. The molecule has 51 heavy (non-hydrogen) atoms. The first-order valence-electron chi connectivity index (χ1n) is 16.4. The van der Waals surface area contributed by atoms with Crippen molar-refractivity contribution < 1.29 is 38.1 Å². The van der Waals surface area contributed by atoms with E-state index in [1.807, 2.05) is 0 Å². The normalized spacial score (nSPS) is 18.8. The first-order valence-corrected chi connectivity index (χ1v) is 16.4. The topological polar surface area (TPSA) is 162 Å². The van der Waals surface area contributed by atoms with E-state index in [9.17, 15) is 28.6 Å². The number of methoxy groups -OCH3 is 1. The number of rotatable bonds is 10. The van der Waals surface area contributed by atoms with Gasteiger partial charge in [-0.25, -0.2) is 18.4 Å². The van der Waals surface area contributed by atoms with Crippen molar-refractivity contribution in [3.63, 3.8) is 0 Å². The lowest BCUT2D eigenvalue weighted by Gasteiger charge is -2.30. The maximum atomic E-state index is 14.8. The Morgan fingerprint density at radius 1 is 1.08 bits per heavy atom. The second kappa shape index (κ2) is 11.8. The standard InChI is InChI=1S/C38H37F2N5O6/c1-35(2,48)24-10-8-21(9-11-24)31-32-27(36(3,20-51-32)34(41)47)17-29(43-31)38(49,25-6-5-7-26(39)16-25)19-42-33(46)22-14-23-18-45(37(40)12-13-37)44-30(23)28(15-22)50-4/h5-11,14-18,48-49H,12-13,19-20H2,1-4H3,(H2,41,47)(H,42,46)/t36-,38+/m0/s1. The Morgan fingerprint density at radius 3 is 2.43 bits per heavy atom. The second-order valence-corrected chi connectivity index (χ2v) is 14.0. The highest BCUT2D eigenvalue weighted by atomic mass is 19.1. The predicted octanol–water partition coefficient (Wildman–Crippen LogP) is 4.69. The zero-order chi connectivity index (χ0) is 36.5. The number of primary amides is 1. The number of nitrogens with two attached hydrogens (primary N) is 1. The van der Waals surface area contributed by atoms with Gasteiger partial charge in [0, 0.05) is 41.1 Å². The van der Waals surface area contributed by atoms with Gasteiger partial charge in [-0.15, -0.1) is 0 Å². The molecule has 0 saturated heterocycles. The largest absolute Gasteiger partial charge is 0.494 e. The molecule has 1 aliphatic carbocycles. The number of carbonyl (C=O) groups excluding carboxylic acids is 2. The Kier molecular flexibility index (Phi) is 7.91. The van der Waals surface area contributed by atoms with Crippen LogP contribution in [0.15, 0.2) is 72.9 Å². The average molecular weight is 698 g/mol. The van der Waals surface area contributed by atoms with Gasteiger partial charge < -0.3 is 30.7 Å². The second-order valence-electron chi connectivity index (χ2n) is 14.0. The molecule has 1 saturated carbocycles. The van der Waals surface area contributed by atoms with Gasteiger partial charge in [0.1, 0.15) is 46.1 Å². The summed E-state index contributed by atoms with van der Waals surface area (Å²) in [6.45, 7) is 4.36. The van der Waals surface area contributed by atoms with Gasteiger partial charge in [-0.3, -0.25) is 9.59 Å². The lowest BCUT2D eigenvalue weighted by atomic mass is 9.80. The number of nitrogens with one attached hydrogen (secondary N) is 1. The molecule has 0 unspecified atom stereocenters. The summed E-state index contributed by atoms with van der Waals surface area (Å²) in [4.78, 5) is 31.4. The summed E-state index contributed by atoms with van der Waals surface area (Å²) in [6.07, 6.45) is 2.20. The van der Waals surface area contributed by atoms with Crippen molar-refractivity contribution in [1.82, 2.24) is 20.1 Å². The fourth-order valence-corrected chi connectivity index (χ4v) is 6.35. The fourth-order valence-electron chi connectivity index (χ4n) is 6.35. The molecule has 1 fully saturated rings. The monoisotopic (exact) mass is 697 g/mol. The van der Waals surface area contributed by atoms with Crippen molar-refractivity contribution >= 4 is 22.7 Å². The molecule has 3 heterocycles. The van der Waals surface area contributed by atoms with Crippen molar-refractivity contribution in [1.29, 1.82) is 0 Å². The zero-order valence-corrected chi connectivity index (χ0v) is 28.5. The molecule has 11 nitrogen and oxygen atoms in total. The van der Waals surface area contributed by atoms with Crippen molar-refractivity contribution in [3.8, 4) is 22.8 Å². The molecule has 0 radical (unpaired) electrons. The van der Waals surface area contributed by atoms with Gasteiger partial charge in [-0.2, -0.15) is 5.10 Å². The van der Waals surface area contributed by atoms with Crippen LogP contribution in [0.5, 0.6) is 11.5 Å². The highest BCUT2D eigenvalue weighted by Crippen LogP contribution is 2.47. The van der Waals surface area contributed by atoms with Crippen LogP contribution in [0, 0.1) is 5.82 Å². The first kappa shape index (κ1) is 34.1. The number of ether oxygens (including phenoxy) is 2. The molecule has 0 spiro atoms. The number of benzene rings is 3. The van der Waals surface area contributed by atoms with E-state index in [0.717, 1.165) is 6.07 Å². The number of hydrogen-bond donors (Lipinski definition) is 4. The summed E-state index contributed by atoms with van der Waals surface area (Å²) in [5.74, 6) is -2.95. The number of carbonyl (C=O) groups is 2. The number of halogens is 2. The van der Waals surface area contributed by atoms with Crippen LogP contribution >= 0.6 is 0 Å². The first-order chi connectivity index (χ1) is 24.1. The minimum Gasteiger partial charge on any atom is -0.494 e. The SMILES string of the molecule is COc1cc(C(=O)NC[C@@](O)(c2cccc(F)c2)c2cc3c(c(-c4ccc(C(C)(C)O)cc4)n2)OC[C@]3(C)C(N)=O)cc2cn(C3(F)CC3)nc12. The van der Waals surface area contributed by atoms with Crippen LogP contribution in [0.1, 0.15) is 66.4 Å². The van der Waals surface area contributed by atoms with Crippen LogP contribution < -0.4 is 20.5 Å². The number of nitrogens with zero attached hydrogens (tertiary/aromatic N) is 3. The van der Waals surface area contributed by atoms with Crippen LogP contribution in [0.4, 0.5) is 8.78 Å². The van der Waals surface area contributed by atoms with Gasteiger partial charge in [0.05, 0.1) is 24.9 Å². The molecule has 2 aromatic heterocycles. The smallest absolute Gasteiger partial charge is 0.251 e. The van der Waals surface area contributed by atoms with Crippen LogP contribution in [0.25, 0.3) is 22.2 Å². The highest BCUT2D eigenvalue weighted by molar-refractivity contribution is 6.00. The van der Waals surface area contributed by atoms with Gasteiger partial charge in [0.15, 0.2) is 0 Å². The van der Waals surface area contributed by atoms with E-state index in [0.29, 0.717) is 40.4 Å². The van der Waals surface area contributed by atoms with E-state index in [-0.39, 0.29) is 40.6 Å². The van der Waals surface area contributed by atoms with Crippen LogP contribution in [0.3, 0.4) is 0 Å². The molecule has 1 aliphatic heterocycles. The predicted molar refractivity (Wildman–Crippen MR) is 183 cm³/mol. The summed E-state index contributed by atoms with van der Waals surface area (Å²) < 4.78 is 42.3. The summed E-state index contributed by atoms with van der Waals surface area (Å²) >= 11 is 0. The number of aliphatic hydroxyl groups is 2. The average Bonchev–Trinajstić information content (AvgIpc) is 3.54. The molecule has 3 aromatic carbocycles. The van der Waals surface area contributed by atoms with Crippen molar-refractivity contribution in [2.24, 2.45) is 5.73 Å². The molecule has 7 rings (SSSR count). The maximum absolute atomic E-state index is 14.8. The third-order valence-electron chi connectivity index (χ3n) is 9.84. The lowest BCUT2D eigenvalue weighted by molar-refractivity contribution is -0.123. The Morgan fingerprint density at radius 2 is 1.80 bits per heavy atom. The van der Waals surface area contributed by atoms with E-state index >= 15 is 0 Å². The number of hydrogen-bond acceptors (Lipinski definition) is 8. The zero-order valence-electron chi connectivity index (χ0n) is 28.5. The lowest BCUT2D eigenvalue weighted by Crippen LogP contribution is -2.43. The van der Waals surface area contributed by atoms with E-state index < -0.39 is 46.6 Å². The summed E-state index contributed by atoms with van der Waals surface area (Å²) in [7, 11) is 1.42. The quantitative estimate of drug-likeness (QED) is 0.164. The molecular formula is C38H37F2N5O6. The van der Waals surface area contributed by atoms with Crippen LogP contribution in [-0.2, 0) is 27.2 Å². The van der Waals surface area contributed by atoms with Gasteiger partial charge in [-0.05, 0) is 62.2 Å². The highest BCUT2D eigenvalue weighted by Gasteiger charge is 2.47. The molecule has 5 N–H and O–H groups in total. The minimum atomic E-state index is -2.15. The Labute approximate surface area is 292 Å². The Hall–Kier alpha value is -5.40. The maximum Gasteiger partial charge on any atom is 0.251 e. The van der Waals surface area contributed by atoms with Gasteiger partial charge in [-0.1, -0.05) is 36.4 Å². The van der Waals surface area contributed by atoms with Crippen molar-refractivity contribution in [2.45, 2.75) is 56.0 Å². The van der Waals surface area contributed by atoms with Crippen molar-refractivity contribution in [3.05, 3.63) is 107 Å². The minimum absolute atomic E-state index is 0.0151. The summed E-state index contributed by atoms with van der Waals surface area (Å²) in [5, 5.41) is 30.7. The number of alkyl halides is 1. The number of pyridine rings is 1. The molecule has 264 valence electrons. The number of fused-ring (bicyclic) bond motifs is 2. The third kappa shape index (κ3) is 5.85.